The first kappa shape index (κ1) is 58.1. The largest absolute Gasteiger partial charge is 0.481 e. The molecule has 0 saturated heterocycles. The van der Waals surface area contributed by atoms with Crippen LogP contribution in [0, 0.1) is 13.8 Å². The van der Waals surface area contributed by atoms with Gasteiger partial charge in [0, 0.05) is 50.1 Å². The Labute approximate surface area is 469 Å². The normalized spacial score (nSPS) is 13.5. The molecule has 2 atom stereocenters. The van der Waals surface area contributed by atoms with Crippen molar-refractivity contribution in [3.8, 4) is 0 Å². The molecule has 15 nitrogen and oxygen atoms in total. The van der Waals surface area contributed by atoms with Gasteiger partial charge in [-0.25, -0.2) is 14.2 Å². The zero-order valence-corrected chi connectivity index (χ0v) is 47.9. The van der Waals surface area contributed by atoms with Crippen molar-refractivity contribution >= 4 is 45.9 Å². The Balaban J connectivity index is 0.000000178. The highest BCUT2D eigenvalue weighted by molar-refractivity contribution is 5.95. The molecule has 0 spiro atoms. The summed E-state index contributed by atoms with van der Waals surface area (Å²) in [7, 11) is 1.44. The molecule has 2 unspecified atom stereocenters. The molecule has 3 N–H and O–H groups in total. The molecule has 0 saturated carbocycles. The lowest BCUT2D eigenvalue weighted by molar-refractivity contribution is -0.141. The summed E-state index contributed by atoms with van der Waals surface area (Å²) >= 11 is 0. The first-order chi connectivity index (χ1) is 38.6. The number of hydrogen-bond acceptors (Lipinski definition) is 10. The number of hydrogen-bond donors (Lipinski definition) is 3. The molecule has 6 aromatic carbocycles. The molecule has 10 rings (SSSR count). The fourth-order valence-electron chi connectivity index (χ4n) is 11.3. The minimum atomic E-state index is -0.853. The predicted octanol–water partition coefficient (Wildman–Crippen LogP) is 11.3. The molecule has 2 aliphatic heterocycles. The Kier molecular flexibility index (Phi) is 19.1. The van der Waals surface area contributed by atoms with Gasteiger partial charge in [0.1, 0.15) is 11.0 Å². The number of rotatable bonds is 16. The van der Waals surface area contributed by atoms with E-state index >= 15 is 0 Å². The highest BCUT2D eigenvalue weighted by atomic mass is 16.5. The number of aromatic nitrogens is 6. The highest BCUT2D eigenvalue weighted by Crippen LogP contribution is 2.37. The molecule has 15 heteroatoms. The Morgan fingerprint density at radius 1 is 0.588 bits per heavy atom. The lowest BCUT2D eigenvalue weighted by Crippen LogP contribution is -2.36. The number of nitrogens with zero attached hydrogens (tertiary/aromatic N) is 7. The third kappa shape index (κ3) is 13.0. The number of carboxylic acid groups (broad SMARTS) is 2. The van der Waals surface area contributed by atoms with Gasteiger partial charge in [-0.15, -0.1) is 10.2 Å². The van der Waals surface area contributed by atoms with E-state index in [9.17, 15) is 24.3 Å². The van der Waals surface area contributed by atoms with Crippen LogP contribution in [0.4, 0.5) is 0 Å². The van der Waals surface area contributed by atoms with Crippen molar-refractivity contribution in [2.45, 2.75) is 145 Å². The predicted molar refractivity (Wildman–Crippen MR) is 313 cm³/mol. The van der Waals surface area contributed by atoms with E-state index in [1.54, 1.807) is 12.1 Å². The lowest BCUT2D eigenvalue weighted by atomic mass is 9.83. The zero-order chi connectivity index (χ0) is 57.2. The molecule has 2 aliphatic rings. The first-order valence-electron chi connectivity index (χ1n) is 28.3. The van der Waals surface area contributed by atoms with Crippen molar-refractivity contribution < 1.29 is 34.1 Å². The minimum Gasteiger partial charge on any atom is -0.481 e. The second kappa shape index (κ2) is 26.3. The number of aryl methyl sites for hydroxylation is 8. The standard InChI is InChI=1S/C32H36N4O3.C22H26N4O2.C11H14O2/c1-5-21-14-22(6-2)16-25(15-21)32(39)35-13-12-23-8-9-24(17-26(23)19-35)28(18-30(37)38)27-10-11-29-31(20(27)4)33-34-36(29)7-3;1-4-26-20-8-7-18(14(2)22(20)24-25-26)19(12-21(27)28-3)16-6-5-15-9-10-23-13-17(15)11-16;1-3-8-5-9(4-2)7-10(6-8)11(12)13/h8-11,14-17,28H,5-7,12-13,18-19H2,1-4H3,(H,37,38);5-8,11,19,23H,4,9-10,12-13H2,1-3H3;5-7H,3-4H2,1-2H3,(H,12,13). The van der Waals surface area contributed by atoms with Crippen molar-refractivity contribution in [2.75, 3.05) is 20.2 Å². The van der Waals surface area contributed by atoms with Crippen LogP contribution >= 0.6 is 0 Å². The van der Waals surface area contributed by atoms with Crippen LogP contribution in [0.25, 0.3) is 22.1 Å². The Morgan fingerprint density at radius 3 is 1.55 bits per heavy atom. The third-order valence-corrected chi connectivity index (χ3v) is 16.0. The van der Waals surface area contributed by atoms with Crippen LogP contribution in [-0.4, -0.2) is 89.1 Å². The SMILES string of the molecule is CCc1cc(CC)cc(C(=O)N2CCc3ccc(C(CC(=O)O)c4ccc5c(nnn5CC)c4C)cc3C2)c1.CCc1cc(CC)cc(C(=O)O)c1.CCn1nnc2c(C)c(C(CC(=O)OC)c3ccc4c(c3)CNCC4)ccc21. The number of ether oxygens (including phenoxy) is 1. The molecule has 1 amide bonds. The second-order valence-corrected chi connectivity index (χ2v) is 20.8. The number of fused-ring (bicyclic) bond motifs is 4. The van der Waals surface area contributed by atoms with Gasteiger partial charge in [-0.3, -0.25) is 14.4 Å². The van der Waals surface area contributed by atoms with Crippen LogP contribution in [0.1, 0.15) is 165 Å². The monoisotopic (exact) mass is 1080 g/mol. The van der Waals surface area contributed by atoms with E-state index in [2.05, 4.69) is 114 Å². The fourth-order valence-corrected chi connectivity index (χ4v) is 11.3. The molecule has 0 radical (unpaired) electrons. The van der Waals surface area contributed by atoms with Gasteiger partial charge in [0.05, 0.1) is 36.5 Å². The van der Waals surface area contributed by atoms with Gasteiger partial charge in [0.25, 0.3) is 5.91 Å². The number of aromatic carboxylic acids is 1. The van der Waals surface area contributed by atoms with Crippen molar-refractivity contribution in [3.63, 3.8) is 0 Å². The summed E-state index contributed by atoms with van der Waals surface area (Å²) in [4.78, 5) is 50.4. The van der Waals surface area contributed by atoms with Gasteiger partial charge in [0.2, 0.25) is 0 Å². The van der Waals surface area contributed by atoms with Crippen LogP contribution in [0.2, 0.25) is 0 Å². The van der Waals surface area contributed by atoms with E-state index in [0.717, 1.165) is 142 Å². The van der Waals surface area contributed by atoms with E-state index in [1.807, 2.05) is 66.2 Å². The summed E-state index contributed by atoms with van der Waals surface area (Å²) in [6.45, 7) is 21.0. The molecule has 0 bridgehead atoms. The smallest absolute Gasteiger partial charge is 0.335 e. The molecule has 8 aromatic rings. The number of amides is 1. The number of nitrogens with one attached hydrogen (secondary N) is 1. The fraction of sp³-hybridized carbons (Fsp3) is 0.385. The average molecular weight is 1080 g/mol. The van der Waals surface area contributed by atoms with E-state index in [4.69, 9.17) is 9.84 Å². The summed E-state index contributed by atoms with van der Waals surface area (Å²) in [5.41, 5.74) is 20.5. The molecule has 0 fully saturated rings. The number of benzene rings is 6. The highest BCUT2D eigenvalue weighted by Gasteiger charge is 2.28. The average Bonchev–Trinajstić information content (AvgIpc) is 4.13. The van der Waals surface area contributed by atoms with Gasteiger partial charge >= 0.3 is 17.9 Å². The summed E-state index contributed by atoms with van der Waals surface area (Å²) in [6.07, 6.45) is 5.65. The first-order valence-corrected chi connectivity index (χ1v) is 28.3. The Morgan fingerprint density at radius 2 is 1.07 bits per heavy atom. The Bertz CT molecular complexity index is 3520. The number of carboxylic acids is 2. The topological polar surface area (TPSA) is 195 Å². The summed E-state index contributed by atoms with van der Waals surface area (Å²) < 4.78 is 8.75. The number of esters is 1. The maximum Gasteiger partial charge on any atom is 0.335 e. The Hall–Kier alpha value is -8.04. The van der Waals surface area contributed by atoms with Crippen LogP contribution < -0.4 is 5.32 Å². The van der Waals surface area contributed by atoms with Gasteiger partial charge in [0.15, 0.2) is 0 Å². The van der Waals surface area contributed by atoms with Gasteiger partial charge in [-0.05, 0) is 187 Å². The van der Waals surface area contributed by atoms with Crippen molar-refractivity contribution in [1.82, 2.24) is 40.2 Å². The summed E-state index contributed by atoms with van der Waals surface area (Å²) in [5, 5.41) is 39.3. The van der Waals surface area contributed by atoms with Gasteiger partial charge in [-0.1, -0.05) is 98.8 Å². The van der Waals surface area contributed by atoms with E-state index in [1.165, 1.54) is 34.9 Å². The van der Waals surface area contributed by atoms with Crippen LogP contribution in [0.5, 0.6) is 0 Å². The van der Waals surface area contributed by atoms with Gasteiger partial charge < -0.3 is 25.2 Å². The maximum absolute atomic E-state index is 13.6. The number of methoxy groups -OCH3 is 1. The maximum atomic E-state index is 13.6. The minimum absolute atomic E-state index is 0.0285. The molecular weight excluding hydrogens is 1000 g/mol. The lowest BCUT2D eigenvalue weighted by Gasteiger charge is -2.30. The van der Waals surface area contributed by atoms with Crippen molar-refractivity contribution in [2.24, 2.45) is 0 Å². The zero-order valence-electron chi connectivity index (χ0n) is 47.9. The molecule has 4 heterocycles. The van der Waals surface area contributed by atoms with Crippen molar-refractivity contribution in [1.29, 1.82) is 0 Å². The molecule has 80 heavy (non-hydrogen) atoms. The van der Waals surface area contributed by atoms with Crippen LogP contribution in [0.3, 0.4) is 0 Å². The van der Waals surface area contributed by atoms with Gasteiger partial charge in [-0.2, -0.15) is 0 Å². The van der Waals surface area contributed by atoms with Crippen molar-refractivity contribution in [3.05, 3.63) is 186 Å². The molecule has 2 aromatic heterocycles. The summed E-state index contributed by atoms with van der Waals surface area (Å²) in [6, 6.07) is 32.8. The number of aliphatic carboxylic acids is 1. The molecular formula is C65H76N8O7. The van der Waals surface area contributed by atoms with E-state index in [-0.39, 0.29) is 30.1 Å². The summed E-state index contributed by atoms with van der Waals surface area (Å²) in [5.74, 6) is -2.26. The molecule has 418 valence electrons. The van der Waals surface area contributed by atoms with E-state index in [0.29, 0.717) is 25.1 Å². The number of carbonyl (C=O) groups excluding carboxylic acids is 2. The van der Waals surface area contributed by atoms with Crippen LogP contribution in [0.15, 0.2) is 97.1 Å². The number of carbonyl (C=O) groups is 4. The molecule has 0 aliphatic carbocycles. The quantitative estimate of drug-likeness (QED) is 0.0776. The third-order valence-electron chi connectivity index (χ3n) is 16.0. The second-order valence-electron chi connectivity index (χ2n) is 20.8. The van der Waals surface area contributed by atoms with E-state index < -0.39 is 11.9 Å². The van der Waals surface area contributed by atoms with Crippen LogP contribution in [-0.2, 0) is 79.0 Å².